The van der Waals surface area contributed by atoms with Gasteiger partial charge < -0.3 is 34.7 Å². The molecule has 4 bridgehead atoms. The molecule has 0 aliphatic carbocycles. The molecule has 11 nitrogen and oxygen atoms in total. The van der Waals surface area contributed by atoms with Crippen LogP contribution in [0, 0.1) is 13.8 Å². The summed E-state index contributed by atoms with van der Waals surface area (Å²) in [6.07, 6.45) is 2.27. The van der Waals surface area contributed by atoms with Crippen LogP contribution >= 0.6 is 12.4 Å². The lowest BCUT2D eigenvalue weighted by atomic mass is 10.1. The highest BCUT2D eigenvalue weighted by molar-refractivity contribution is 5.95. The maximum absolute atomic E-state index is 13.2. The Kier molecular flexibility index (Phi) is 10.4. The fourth-order valence-corrected chi connectivity index (χ4v) is 4.61. The van der Waals surface area contributed by atoms with E-state index >= 15 is 0 Å². The van der Waals surface area contributed by atoms with E-state index in [1.54, 1.807) is 44.1 Å². The zero-order chi connectivity index (χ0) is 26.4. The second-order valence-corrected chi connectivity index (χ2v) is 9.35. The van der Waals surface area contributed by atoms with Gasteiger partial charge in [-0.15, -0.1) is 12.4 Å². The highest BCUT2D eigenvalue weighted by Gasteiger charge is 2.31. The molecule has 2 aliphatic rings. The number of hydrogen-bond donors (Lipinski definition) is 3. The monoisotopic (exact) mass is 549 g/mol. The van der Waals surface area contributed by atoms with E-state index in [2.05, 4.69) is 20.9 Å². The molecule has 12 heteroatoms. The van der Waals surface area contributed by atoms with Crippen molar-refractivity contribution in [1.29, 1.82) is 0 Å². The Balaban J connectivity index is 0.00000400. The van der Waals surface area contributed by atoms with E-state index in [4.69, 9.17) is 13.9 Å². The third-order valence-corrected chi connectivity index (χ3v) is 6.56. The topological polar surface area (TPSA) is 135 Å². The smallest absolute Gasteiger partial charge is 0.291 e. The number of amides is 3. The number of benzene rings is 1. The van der Waals surface area contributed by atoms with E-state index in [0.29, 0.717) is 80.6 Å². The van der Waals surface area contributed by atoms with Gasteiger partial charge >= 0.3 is 0 Å². The molecule has 38 heavy (non-hydrogen) atoms. The van der Waals surface area contributed by atoms with E-state index in [0.717, 1.165) is 6.42 Å². The highest BCUT2D eigenvalue weighted by Crippen LogP contribution is 2.30. The van der Waals surface area contributed by atoms with Gasteiger partial charge in [0.05, 0.1) is 18.8 Å². The van der Waals surface area contributed by atoms with Crippen LogP contribution < -0.4 is 25.4 Å². The molecule has 0 unspecified atom stereocenters. The Morgan fingerprint density at radius 3 is 2.61 bits per heavy atom. The summed E-state index contributed by atoms with van der Waals surface area (Å²) in [5.74, 6) is 1.10. The van der Waals surface area contributed by atoms with Gasteiger partial charge in [-0.05, 0) is 44.4 Å². The van der Waals surface area contributed by atoms with Crippen LogP contribution in [0.2, 0.25) is 0 Å². The molecule has 3 heterocycles. The third kappa shape index (κ3) is 7.16. The van der Waals surface area contributed by atoms with Crippen LogP contribution in [0.4, 0.5) is 0 Å². The van der Waals surface area contributed by atoms with Gasteiger partial charge in [-0.1, -0.05) is 0 Å². The van der Waals surface area contributed by atoms with Gasteiger partial charge in [0.15, 0.2) is 17.4 Å². The van der Waals surface area contributed by atoms with E-state index < -0.39 is 0 Å². The molecule has 3 N–H and O–H groups in total. The lowest BCUT2D eigenvalue weighted by Gasteiger charge is -2.22. The number of aryl methyl sites for hydroxylation is 2. The lowest BCUT2D eigenvalue weighted by molar-refractivity contribution is -0.122. The molecule has 0 saturated carbocycles. The molecule has 2 atom stereocenters. The van der Waals surface area contributed by atoms with Crippen LogP contribution in [0.3, 0.4) is 0 Å². The highest BCUT2D eigenvalue weighted by atomic mass is 35.5. The summed E-state index contributed by atoms with van der Waals surface area (Å²) in [5, 5.41) is 9.10. The Morgan fingerprint density at radius 1 is 1.11 bits per heavy atom. The van der Waals surface area contributed by atoms with Crippen molar-refractivity contribution in [3.05, 3.63) is 41.1 Å². The molecule has 2 aliphatic heterocycles. The number of methoxy groups -OCH3 is 1. The summed E-state index contributed by atoms with van der Waals surface area (Å²) >= 11 is 0. The van der Waals surface area contributed by atoms with Crippen LogP contribution in [0.25, 0.3) is 0 Å². The predicted molar refractivity (Wildman–Crippen MR) is 142 cm³/mol. The van der Waals surface area contributed by atoms with Crippen LogP contribution in [0.1, 0.15) is 58.2 Å². The first-order valence-electron chi connectivity index (χ1n) is 12.7. The molecule has 4 rings (SSSR count). The molecule has 2 aromatic rings. The number of oxazole rings is 1. The summed E-state index contributed by atoms with van der Waals surface area (Å²) in [4.78, 5) is 44.6. The summed E-state index contributed by atoms with van der Waals surface area (Å²) < 4.78 is 17.1. The normalized spacial score (nSPS) is 21.1. The van der Waals surface area contributed by atoms with E-state index in [1.807, 2.05) is 0 Å². The number of aromatic nitrogens is 1. The number of rotatable bonds is 2. The number of nitrogens with one attached hydrogen (secondary N) is 3. The molecule has 0 radical (unpaired) electrons. The van der Waals surface area contributed by atoms with Gasteiger partial charge in [-0.25, -0.2) is 4.98 Å². The third-order valence-electron chi connectivity index (χ3n) is 6.56. The first kappa shape index (κ1) is 29.2. The second kappa shape index (κ2) is 13.5. The number of carbonyl (C=O) groups is 3. The van der Waals surface area contributed by atoms with E-state index in [9.17, 15) is 14.4 Å². The van der Waals surface area contributed by atoms with Crippen LogP contribution in [-0.2, 0) is 4.79 Å². The van der Waals surface area contributed by atoms with Crippen molar-refractivity contribution >= 4 is 30.1 Å². The molecule has 1 aromatic carbocycles. The standard InChI is InChI=1S/C26H35N5O6.ClH/c1-16-23(36-17(2)30-16)26(34)31-11-5-4-9-28-25(33)20-14-19(15-29-20)37-22-13-18(7-8-21(22)35-3)24(32)27-10-6-12-31;/h7-8,13,19-20,29H,4-6,9-12,14-15H2,1-3H3,(H,27,32)(H,28,33);1H/t19-,20-;/m0./s1. The minimum atomic E-state index is -0.361. The minimum absolute atomic E-state index is 0. The van der Waals surface area contributed by atoms with Crippen LogP contribution in [-0.4, -0.2) is 79.6 Å². The van der Waals surface area contributed by atoms with Crippen LogP contribution in [0.5, 0.6) is 11.5 Å². The van der Waals surface area contributed by atoms with Gasteiger partial charge in [0, 0.05) is 51.6 Å². The van der Waals surface area contributed by atoms with Crippen molar-refractivity contribution < 1.29 is 28.3 Å². The summed E-state index contributed by atoms with van der Waals surface area (Å²) in [7, 11) is 1.54. The molecule has 1 saturated heterocycles. The first-order chi connectivity index (χ1) is 17.9. The van der Waals surface area contributed by atoms with E-state index in [-0.39, 0.29) is 48.0 Å². The van der Waals surface area contributed by atoms with Crippen molar-refractivity contribution in [3.63, 3.8) is 0 Å². The molecular formula is C26H36ClN5O6. The van der Waals surface area contributed by atoms with Gasteiger partial charge in [-0.3, -0.25) is 14.4 Å². The first-order valence-corrected chi connectivity index (χ1v) is 12.7. The van der Waals surface area contributed by atoms with Crippen molar-refractivity contribution in [2.24, 2.45) is 0 Å². The predicted octanol–water partition coefficient (Wildman–Crippen LogP) is 2.00. The largest absolute Gasteiger partial charge is 0.493 e. The van der Waals surface area contributed by atoms with Crippen molar-refractivity contribution in [2.45, 2.75) is 51.7 Å². The van der Waals surface area contributed by atoms with Gasteiger partial charge in [0.25, 0.3) is 11.8 Å². The van der Waals surface area contributed by atoms with Crippen molar-refractivity contribution in [2.75, 3.05) is 39.8 Å². The molecule has 1 fully saturated rings. The van der Waals surface area contributed by atoms with E-state index in [1.165, 1.54) is 0 Å². The summed E-state index contributed by atoms with van der Waals surface area (Å²) in [5.41, 5.74) is 0.994. The number of carbonyl (C=O) groups excluding carboxylic acids is 3. The number of ether oxygens (including phenoxy) is 2. The Hall–Kier alpha value is -3.31. The van der Waals surface area contributed by atoms with Crippen molar-refractivity contribution in [3.8, 4) is 11.5 Å². The SMILES string of the molecule is COc1ccc2cc1O[C@@H]1CN[C@@H](C1)C(=O)NCCCCN(C(=O)c1oc(C)nc1C)CCCNC2=O.Cl. The fourth-order valence-electron chi connectivity index (χ4n) is 4.61. The lowest BCUT2D eigenvalue weighted by Crippen LogP contribution is -2.41. The summed E-state index contributed by atoms with van der Waals surface area (Å²) in [6, 6.07) is 4.67. The average molecular weight is 550 g/mol. The van der Waals surface area contributed by atoms with Gasteiger partial charge in [-0.2, -0.15) is 0 Å². The number of nitrogens with zero attached hydrogens (tertiary/aromatic N) is 2. The average Bonchev–Trinajstić information content (AvgIpc) is 3.49. The quantitative estimate of drug-likeness (QED) is 0.518. The van der Waals surface area contributed by atoms with Crippen LogP contribution in [0.15, 0.2) is 22.6 Å². The van der Waals surface area contributed by atoms with Gasteiger partial charge in [0.1, 0.15) is 6.10 Å². The molecule has 0 spiro atoms. The number of fused-ring (bicyclic) bond motifs is 4. The zero-order valence-electron chi connectivity index (χ0n) is 22.0. The maximum Gasteiger partial charge on any atom is 0.291 e. The molecule has 3 amide bonds. The maximum atomic E-state index is 13.2. The fraction of sp³-hybridized carbons (Fsp3) is 0.538. The van der Waals surface area contributed by atoms with Gasteiger partial charge in [0.2, 0.25) is 11.7 Å². The molecular weight excluding hydrogens is 514 g/mol. The second-order valence-electron chi connectivity index (χ2n) is 9.35. The Morgan fingerprint density at radius 2 is 1.87 bits per heavy atom. The summed E-state index contributed by atoms with van der Waals surface area (Å²) in [6.45, 7) is 5.81. The Bertz CT molecular complexity index is 1140. The molecule has 208 valence electrons. The number of hydrogen-bond acceptors (Lipinski definition) is 8. The zero-order valence-corrected chi connectivity index (χ0v) is 22.8. The number of halogens is 1. The minimum Gasteiger partial charge on any atom is -0.493 e. The Labute approximate surface area is 228 Å². The molecule has 1 aromatic heterocycles. The van der Waals surface area contributed by atoms with Crippen molar-refractivity contribution in [1.82, 2.24) is 25.8 Å².